The van der Waals surface area contributed by atoms with Crippen LogP contribution in [0.3, 0.4) is 0 Å². The fourth-order valence-electron chi connectivity index (χ4n) is 1.71. The summed E-state index contributed by atoms with van der Waals surface area (Å²) < 4.78 is 14.3. The Hall–Kier alpha value is -1.58. The van der Waals surface area contributed by atoms with Crippen LogP contribution in [-0.4, -0.2) is 22.9 Å². The van der Waals surface area contributed by atoms with Crippen LogP contribution in [0.2, 0.25) is 0 Å². The van der Waals surface area contributed by atoms with Crippen LogP contribution < -0.4 is 5.32 Å². The van der Waals surface area contributed by atoms with Crippen molar-refractivity contribution in [1.82, 2.24) is 7.96 Å². The summed E-state index contributed by atoms with van der Waals surface area (Å²) in [4.78, 5) is 0. The summed E-state index contributed by atoms with van der Waals surface area (Å²) in [5.41, 5.74) is 3.00. The Morgan fingerprint density at radius 1 is 1.24 bits per heavy atom. The van der Waals surface area contributed by atoms with E-state index in [4.69, 9.17) is 4.42 Å². The molecular weight excluding hydrogens is 281 g/mol. The molecule has 1 N–H and O–H groups in total. The number of nitrogens with one attached hydrogen (secondary N) is 1. The molecule has 2 heterocycles. The normalized spacial score (nSPS) is 10.9. The molecule has 0 aliphatic heterocycles. The van der Waals surface area contributed by atoms with Gasteiger partial charge in [0.15, 0.2) is 0 Å². The predicted molar refractivity (Wildman–Crippen MR) is 67.2 cm³/mol. The van der Waals surface area contributed by atoms with Gasteiger partial charge >= 0.3 is 105 Å². The van der Waals surface area contributed by atoms with Crippen LogP contribution in [-0.2, 0) is 6.54 Å². The Morgan fingerprint density at radius 2 is 2.18 bits per heavy atom. The monoisotopic (exact) mass is 293 g/mol. The van der Waals surface area contributed by atoms with Gasteiger partial charge in [0, 0.05) is 0 Å². The van der Waals surface area contributed by atoms with E-state index in [-0.39, 0.29) is 15.0 Å². The van der Waals surface area contributed by atoms with Gasteiger partial charge < -0.3 is 0 Å². The molecule has 0 fully saturated rings. The van der Waals surface area contributed by atoms with E-state index in [9.17, 15) is 0 Å². The third-order valence-corrected chi connectivity index (χ3v) is 3.67. The van der Waals surface area contributed by atoms with E-state index in [0.29, 0.717) is 6.54 Å². The SMILES string of the molecule is Cc1ccc(CNc2cccc3n[se]nc23)o1. The van der Waals surface area contributed by atoms with E-state index in [0.717, 1.165) is 28.2 Å². The molecule has 0 atom stereocenters. The zero-order chi connectivity index (χ0) is 11.7. The maximum atomic E-state index is 5.51. The molecular formula is C12H11N3OSe. The molecule has 0 saturated carbocycles. The average molecular weight is 292 g/mol. The summed E-state index contributed by atoms with van der Waals surface area (Å²) in [7, 11) is 0. The number of fused-ring (bicyclic) bond motifs is 1. The Bertz CT molecular complexity index is 644. The number of hydrogen-bond acceptors (Lipinski definition) is 4. The third kappa shape index (κ3) is 2.12. The molecule has 3 rings (SSSR count). The molecule has 2 aromatic heterocycles. The molecule has 0 bridgehead atoms. The number of aromatic nitrogens is 2. The molecule has 0 radical (unpaired) electrons. The number of nitrogens with zero attached hydrogens (tertiary/aromatic N) is 2. The standard InChI is InChI=1S/C12H11N3OSe/c1-8-5-6-9(16-8)7-13-10-3-2-4-11-12(10)15-17-14-11/h2-6,13H,7H2,1H3. The number of benzene rings is 1. The van der Waals surface area contributed by atoms with Crippen molar-refractivity contribution in [3.8, 4) is 0 Å². The van der Waals surface area contributed by atoms with E-state index in [1.54, 1.807) is 0 Å². The van der Waals surface area contributed by atoms with Crippen molar-refractivity contribution in [2.24, 2.45) is 0 Å². The molecule has 0 unspecified atom stereocenters. The van der Waals surface area contributed by atoms with Gasteiger partial charge in [0.2, 0.25) is 0 Å². The maximum absolute atomic E-state index is 5.51. The van der Waals surface area contributed by atoms with Gasteiger partial charge in [-0.25, -0.2) is 0 Å². The van der Waals surface area contributed by atoms with Gasteiger partial charge in [0.05, 0.1) is 0 Å². The Labute approximate surface area is 105 Å². The quantitative estimate of drug-likeness (QED) is 0.752. The minimum absolute atomic E-state index is 0.0153. The van der Waals surface area contributed by atoms with E-state index in [1.165, 1.54) is 0 Å². The summed E-state index contributed by atoms with van der Waals surface area (Å²) in [5, 5.41) is 3.34. The second kappa shape index (κ2) is 4.35. The zero-order valence-corrected chi connectivity index (χ0v) is 11.0. The summed E-state index contributed by atoms with van der Waals surface area (Å²) in [6, 6.07) is 9.96. The fraction of sp³-hybridized carbons (Fsp3) is 0.167. The van der Waals surface area contributed by atoms with Gasteiger partial charge in [0.1, 0.15) is 0 Å². The molecule has 86 valence electrons. The van der Waals surface area contributed by atoms with E-state index < -0.39 is 0 Å². The van der Waals surface area contributed by atoms with E-state index in [2.05, 4.69) is 13.3 Å². The summed E-state index contributed by atoms with van der Waals surface area (Å²) in [5.74, 6) is 1.86. The van der Waals surface area contributed by atoms with Crippen molar-refractivity contribution in [1.29, 1.82) is 0 Å². The molecule has 3 aromatic rings. The molecule has 5 heteroatoms. The molecule has 1 aromatic carbocycles. The zero-order valence-electron chi connectivity index (χ0n) is 9.30. The van der Waals surface area contributed by atoms with Crippen molar-refractivity contribution in [2.75, 3.05) is 5.32 Å². The van der Waals surface area contributed by atoms with Crippen LogP contribution in [0.1, 0.15) is 11.5 Å². The van der Waals surface area contributed by atoms with Gasteiger partial charge in [-0.1, -0.05) is 0 Å². The molecule has 0 spiro atoms. The van der Waals surface area contributed by atoms with E-state index >= 15 is 0 Å². The number of aryl methyl sites for hydroxylation is 1. The first-order valence-electron chi connectivity index (χ1n) is 5.33. The predicted octanol–water partition coefficient (Wildman–Crippen LogP) is 2.20. The van der Waals surface area contributed by atoms with Crippen LogP contribution >= 0.6 is 0 Å². The van der Waals surface area contributed by atoms with Crippen molar-refractivity contribution >= 4 is 31.7 Å². The number of rotatable bonds is 3. The van der Waals surface area contributed by atoms with Crippen LogP contribution in [0.25, 0.3) is 11.0 Å². The minimum atomic E-state index is 0.0153. The first-order chi connectivity index (χ1) is 8.33. The van der Waals surface area contributed by atoms with Gasteiger partial charge in [0.25, 0.3) is 0 Å². The van der Waals surface area contributed by atoms with Crippen LogP contribution in [0.15, 0.2) is 34.7 Å². The second-order valence-electron chi connectivity index (χ2n) is 3.80. The van der Waals surface area contributed by atoms with Crippen molar-refractivity contribution in [3.05, 3.63) is 41.9 Å². The van der Waals surface area contributed by atoms with Gasteiger partial charge in [-0.15, -0.1) is 0 Å². The van der Waals surface area contributed by atoms with E-state index in [1.807, 2.05) is 37.3 Å². The Morgan fingerprint density at radius 3 is 3.00 bits per heavy atom. The Kier molecular flexibility index (Phi) is 2.71. The number of hydrogen-bond donors (Lipinski definition) is 1. The fourth-order valence-corrected chi connectivity index (χ4v) is 2.86. The second-order valence-corrected chi connectivity index (χ2v) is 4.91. The summed E-state index contributed by atoms with van der Waals surface area (Å²) >= 11 is 0.0153. The molecule has 4 nitrogen and oxygen atoms in total. The summed E-state index contributed by atoms with van der Waals surface area (Å²) in [6.45, 7) is 2.62. The number of anilines is 1. The van der Waals surface area contributed by atoms with Crippen LogP contribution in [0, 0.1) is 6.92 Å². The number of furan rings is 1. The molecule has 0 amide bonds. The van der Waals surface area contributed by atoms with Gasteiger partial charge in [-0.3, -0.25) is 0 Å². The average Bonchev–Trinajstić information content (AvgIpc) is 2.94. The van der Waals surface area contributed by atoms with Gasteiger partial charge in [-0.2, -0.15) is 0 Å². The van der Waals surface area contributed by atoms with Gasteiger partial charge in [-0.05, 0) is 0 Å². The molecule has 0 aliphatic carbocycles. The first-order valence-corrected chi connectivity index (χ1v) is 6.86. The third-order valence-electron chi connectivity index (χ3n) is 2.54. The van der Waals surface area contributed by atoms with Crippen LogP contribution in [0.4, 0.5) is 5.69 Å². The van der Waals surface area contributed by atoms with Crippen molar-refractivity contribution in [2.45, 2.75) is 13.5 Å². The van der Waals surface area contributed by atoms with Crippen molar-refractivity contribution in [3.63, 3.8) is 0 Å². The summed E-state index contributed by atoms with van der Waals surface area (Å²) in [6.07, 6.45) is 0. The topological polar surface area (TPSA) is 51.0 Å². The molecule has 0 saturated heterocycles. The molecule has 17 heavy (non-hydrogen) atoms. The first kappa shape index (κ1) is 10.6. The van der Waals surface area contributed by atoms with Crippen LogP contribution in [0.5, 0.6) is 0 Å². The molecule has 0 aliphatic rings. The van der Waals surface area contributed by atoms with Crippen molar-refractivity contribution < 1.29 is 4.42 Å². The Balaban J connectivity index is 1.83.